The molecule has 0 unspecified atom stereocenters. The molecule has 1 aromatic heterocycles. The molecule has 20 heavy (non-hydrogen) atoms. The standard InChI is InChI=1S/C16H13NO3/c1-19-16-14(18)12-8-7-11(17)9-13(12)20-15(16)10-5-3-2-4-6-10/h2-9H,17H2,1H3. The van der Waals surface area contributed by atoms with E-state index in [1.54, 1.807) is 18.2 Å². The van der Waals surface area contributed by atoms with Gasteiger partial charge in [0.05, 0.1) is 12.5 Å². The Hall–Kier alpha value is -2.75. The zero-order valence-electron chi connectivity index (χ0n) is 10.9. The molecule has 1 heterocycles. The Morgan fingerprint density at radius 2 is 1.85 bits per heavy atom. The number of benzene rings is 2. The molecule has 0 spiro atoms. The largest absolute Gasteiger partial charge is 0.490 e. The van der Waals surface area contributed by atoms with Crippen LogP contribution in [0.5, 0.6) is 5.75 Å². The molecular weight excluding hydrogens is 254 g/mol. The Kier molecular flexibility index (Phi) is 2.91. The minimum atomic E-state index is -0.201. The molecule has 2 aromatic carbocycles. The van der Waals surface area contributed by atoms with Gasteiger partial charge in [0.25, 0.3) is 0 Å². The minimum Gasteiger partial charge on any atom is -0.490 e. The van der Waals surface area contributed by atoms with Crippen molar-refractivity contribution < 1.29 is 9.15 Å². The number of nitrogen functional groups attached to an aromatic ring is 1. The fourth-order valence-electron chi connectivity index (χ4n) is 2.16. The Morgan fingerprint density at radius 1 is 1.10 bits per heavy atom. The van der Waals surface area contributed by atoms with Gasteiger partial charge in [0.2, 0.25) is 11.2 Å². The number of hydrogen-bond acceptors (Lipinski definition) is 4. The summed E-state index contributed by atoms with van der Waals surface area (Å²) in [6, 6.07) is 14.3. The number of fused-ring (bicyclic) bond motifs is 1. The molecule has 0 aliphatic carbocycles. The molecule has 0 fully saturated rings. The first-order chi connectivity index (χ1) is 9.70. The molecule has 0 amide bonds. The van der Waals surface area contributed by atoms with Crippen LogP contribution in [0, 0.1) is 0 Å². The third-order valence-corrected chi connectivity index (χ3v) is 3.11. The van der Waals surface area contributed by atoms with Crippen LogP contribution in [0.15, 0.2) is 57.7 Å². The van der Waals surface area contributed by atoms with Gasteiger partial charge in [-0.25, -0.2) is 0 Å². The van der Waals surface area contributed by atoms with Crippen molar-refractivity contribution in [1.29, 1.82) is 0 Å². The number of methoxy groups -OCH3 is 1. The van der Waals surface area contributed by atoms with Gasteiger partial charge < -0.3 is 14.9 Å². The molecule has 0 bridgehead atoms. The predicted molar refractivity (Wildman–Crippen MR) is 78.9 cm³/mol. The van der Waals surface area contributed by atoms with Crippen LogP contribution in [-0.4, -0.2) is 7.11 Å². The highest BCUT2D eigenvalue weighted by molar-refractivity contribution is 5.84. The second kappa shape index (κ2) is 4.74. The summed E-state index contributed by atoms with van der Waals surface area (Å²) in [4.78, 5) is 12.4. The summed E-state index contributed by atoms with van der Waals surface area (Å²) in [7, 11) is 1.46. The summed E-state index contributed by atoms with van der Waals surface area (Å²) in [5.74, 6) is 0.615. The van der Waals surface area contributed by atoms with Gasteiger partial charge in [-0.1, -0.05) is 30.3 Å². The van der Waals surface area contributed by atoms with E-state index < -0.39 is 0 Å². The van der Waals surface area contributed by atoms with E-state index in [1.807, 2.05) is 30.3 Å². The maximum Gasteiger partial charge on any atom is 0.235 e. The van der Waals surface area contributed by atoms with E-state index >= 15 is 0 Å². The van der Waals surface area contributed by atoms with Gasteiger partial charge in [-0.15, -0.1) is 0 Å². The summed E-state index contributed by atoms with van der Waals surface area (Å²) in [6.07, 6.45) is 0. The van der Waals surface area contributed by atoms with E-state index in [0.29, 0.717) is 22.4 Å². The lowest BCUT2D eigenvalue weighted by atomic mass is 10.1. The van der Waals surface area contributed by atoms with Crippen LogP contribution in [0.3, 0.4) is 0 Å². The first kappa shape index (κ1) is 12.3. The number of rotatable bonds is 2. The third kappa shape index (κ3) is 1.91. The second-order valence-corrected chi connectivity index (χ2v) is 4.42. The molecule has 100 valence electrons. The zero-order valence-corrected chi connectivity index (χ0v) is 10.9. The van der Waals surface area contributed by atoms with E-state index in [2.05, 4.69) is 0 Å². The average molecular weight is 267 g/mol. The summed E-state index contributed by atoms with van der Waals surface area (Å²) >= 11 is 0. The van der Waals surface area contributed by atoms with Crippen molar-refractivity contribution >= 4 is 16.7 Å². The Labute approximate surface area is 115 Å². The monoisotopic (exact) mass is 267 g/mol. The van der Waals surface area contributed by atoms with Crippen LogP contribution in [-0.2, 0) is 0 Å². The molecule has 0 aliphatic heterocycles. The molecular formula is C16H13NO3. The van der Waals surface area contributed by atoms with Crippen LogP contribution < -0.4 is 15.9 Å². The highest BCUT2D eigenvalue weighted by atomic mass is 16.5. The smallest absolute Gasteiger partial charge is 0.235 e. The molecule has 0 atom stereocenters. The van der Waals surface area contributed by atoms with Crippen molar-refractivity contribution in [2.75, 3.05) is 12.8 Å². The number of nitrogens with two attached hydrogens (primary N) is 1. The van der Waals surface area contributed by atoms with Gasteiger partial charge in [0.15, 0.2) is 5.76 Å². The van der Waals surface area contributed by atoms with E-state index in [4.69, 9.17) is 14.9 Å². The van der Waals surface area contributed by atoms with Gasteiger partial charge in [0, 0.05) is 17.3 Å². The van der Waals surface area contributed by atoms with Crippen LogP contribution in [0.25, 0.3) is 22.3 Å². The van der Waals surface area contributed by atoms with Crippen LogP contribution in [0.4, 0.5) is 5.69 Å². The van der Waals surface area contributed by atoms with Gasteiger partial charge in [-0.3, -0.25) is 4.79 Å². The fraction of sp³-hybridized carbons (Fsp3) is 0.0625. The quantitative estimate of drug-likeness (QED) is 0.725. The average Bonchev–Trinajstić information content (AvgIpc) is 2.47. The van der Waals surface area contributed by atoms with Crippen molar-refractivity contribution in [2.24, 2.45) is 0 Å². The van der Waals surface area contributed by atoms with Gasteiger partial charge in [-0.2, -0.15) is 0 Å². The second-order valence-electron chi connectivity index (χ2n) is 4.42. The highest BCUT2D eigenvalue weighted by Crippen LogP contribution is 2.30. The maximum atomic E-state index is 12.4. The summed E-state index contributed by atoms with van der Waals surface area (Å²) in [5.41, 5.74) is 7.32. The fourth-order valence-corrected chi connectivity index (χ4v) is 2.16. The van der Waals surface area contributed by atoms with E-state index in [1.165, 1.54) is 7.11 Å². The lowest BCUT2D eigenvalue weighted by molar-refractivity contribution is 0.399. The molecule has 0 saturated heterocycles. The Bertz CT molecular complexity index is 822. The number of hydrogen-bond donors (Lipinski definition) is 1. The van der Waals surface area contributed by atoms with Crippen LogP contribution in [0.2, 0.25) is 0 Å². The molecule has 4 heteroatoms. The van der Waals surface area contributed by atoms with Gasteiger partial charge in [-0.05, 0) is 12.1 Å². The van der Waals surface area contributed by atoms with E-state index in [0.717, 1.165) is 5.56 Å². The summed E-state index contributed by atoms with van der Waals surface area (Å²) < 4.78 is 11.1. The molecule has 3 rings (SSSR count). The summed E-state index contributed by atoms with van der Waals surface area (Å²) in [6.45, 7) is 0. The van der Waals surface area contributed by atoms with E-state index in [9.17, 15) is 4.79 Å². The van der Waals surface area contributed by atoms with Crippen LogP contribution in [0.1, 0.15) is 0 Å². The van der Waals surface area contributed by atoms with Crippen molar-refractivity contribution in [1.82, 2.24) is 0 Å². The van der Waals surface area contributed by atoms with E-state index in [-0.39, 0.29) is 11.2 Å². The lowest BCUT2D eigenvalue weighted by Gasteiger charge is -2.09. The first-order valence-corrected chi connectivity index (χ1v) is 6.16. The third-order valence-electron chi connectivity index (χ3n) is 3.11. The maximum absolute atomic E-state index is 12.4. The lowest BCUT2D eigenvalue weighted by Crippen LogP contribution is -2.07. The number of anilines is 1. The molecule has 4 nitrogen and oxygen atoms in total. The molecule has 0 radical (unpaired) electrons. The molecule has 3 aromatic rings. The molecule has 0 saturated carbocycles. The molecule has 2 N–H and O–H groups in total. The van der Waals surface area contributed by atoms with Crippen molar-refractivity contribution in [2.45, 2.75) is 0 Å². The number of ether oxygens (including phenoxy) is 1. The van der Waals surface area contributed by atoms with Crippen LogP contribution >= 0.6 is 0 Å². The van der Waals surface area contributed by atoms with Crippen molar-refractivity contribution in [3.63, 3.8) is 0 Å². The highest BCUT2D eigenvalue weighted by Gasteiger charge is 2.16. The van der Waals surface area contributed by atoms with Gasteiger partial charge in [0.1, 0.15) is 5.58 Å². The predicted octanol–water partition coefficient (Wildman–Crippen LogP) is 3.05. The normalized spacial score (nSPS) is 10.7. The first-order valence-electron chi connectivity index (χ1n) is 6.16. The summed E-state index contributed by atoms with van der Waals surface area (Å²) in [5, 5.41) is 0.454. The Morgan fingerprint density at radius 3 is 2.55 bits per heavy atom. The minimum absolute atomic E-state index is 0.201. The van der Waals surface area contributed by atoms with Crippen molar-refractivity contribution in [3.05, 3.63) is 58.8 Å². The SMILES string of the molecule is COc1c(-c2ccccc2)oc2cc(N)ccc2c1=O. The topological polar surface area (TPSA) is 65.5 Å². The Balaban J connectivity index is 2.39. The zero-order chi connectivity index (χ0) is 14.1. The van der Waals surface area contributed by atoms with Crippen molar-refractivity contribution in [3.8, 4) is 17.1 Å². The molecule has 0 aliphatic rings. The van der Waals surface area contributed by atoms with Gasteiger partial charge >= 0.3 is 0 Å².